The van der Waals surface area contributed by atoms with Gasteiger partial charge in [0.25, 0.3) is 5.91 Å². The lowest BCUT2D eigenvalue weighted by Gasteiger charge is -2.18. The smallest absolute Gasteiger partial charge is 0.306 e. The van der Waals surface area contributed by atoms with Crippen molar-refractivity contribution in [3.05, 3.63) is 57.6 Å². The van der Waals surface area contributed by atoms with Gasteiger partial charge in [0.15, 0.2) is 12.4 Å². The maximum absolute atomic E-state index is 12.1. The first kappa shape index (κ1) is 21.0. The minimum Gasteiger partial charge on any atom is -0.502 e. The maximum Gasteiger partial charge on any atom is 0.306 e. The highest BCUT2D eigenvalue weighted by Gasteiger charge is 2.26. The molecule has 0 aliphatic carbocycles. The molecule has 9 nitrogen and oxygen atoms in total. The Morgan fingerprint density at radius 3 is 2.46 bits per heavy atom. The van der Waals surface area contributed by atoms with Gasteiger partial charge in [0.1, 0.15) is 18.1 Å². The zero-order valence-electron chi connectivity index (χ0n) is 15.5. The van der Waals surface area contributed by atoms with Crippen molar-refractivity contribution < 1.29 is 33.3 Å². The van der Waals surface area contributed by atoms with Crippen molar-refractivity contribution in [3.8, 4) is 11.5 Å². The SMILES string of the molecule is COCc1cc(=O)c(O)c([C@H](CC(=O)OC)c2ccc(OCC(N)=O)cc2)o1. The van der Waals surface area contributed by atoms with Crippen LogP contribution in [0.2, 0.25) is 0 Å². The third kappa shape index (κ3) is 5.34. The van der Waals surface area contributed by atoms with Gasteiger partial charge in [0, 0.05) is 13.2 Å². The zero-order chi connectivity index (χ0) is 20.7. The Hall–Kier alpha value is -3.33. The van der Waals surface area contributed by atoms with Crippen molar-refractivity contribution in [3.63, 3.8) is 0 Å². The zero-order valence-corrected chi connectivity index (χ0v) is 15.5. The third-order valence-electron chi connectivity index (χ3n) is 3.87. The molecule has 0 radical (unpaired) electrons. The maximum atomic E-state index is 12.1. The lowest BCUT2D eigenvalue weighted by molar-refractivity contribution is -0.141. The molecule has 0 bridgehead atoms. The fourth-order valence-corrected chi connectivity index (χ4v) is 2.57. The van der Waals surface area contributed by atoms with Crippen molar-refractivity contribution in [2.75, 3.05) is 20.8 Å². The molecule has 0 aliphatic heterocycles. The van der Waals surface area contributed by atoms with Crippen LogP contribution in [0.5, 0.6) is 11.5 Å². The molecule has 150 valence electrons. The predicted octanol–water partition coefficient (Wildman–Crippen LogP) is 1.05. The Bertz CT molecular complexity index is 888. The van der Waals surface area contributed by atoms with E-state index in [0.29, 0.717) is 11.3 Å². The molecule has 2 rings (SSSR count). The Labute approximate surface area is 160 Å². The van der Waals surface area contributed by atoms with Gasteiger partial charge in [0.05, 0.1) is 19.4 Å². The monoisotopic (exact) mass is 391 g/mol. The lowest BCUT2D eigenvalue weighted by Crippen LogP contribution is -2.20. The number of esters is 1. The summed E-state index contributed by atoms with van der Waals surface area (Å²) in [5.41, 5.74) is 4.95. The van der Waals surface area contributed by atoms with Crippen LogP contribution in [0.15, 0.2) is 39.5 Å². The van der Waals surface area contributed by atoms with Crippen LogP contribution in [0.1, 0.15) is 29.4 Å². The molecule has 2 aromatic rings. The molecule has 0 saturated heterocycles. The second-order valence-corrected chi connectivity index (χ2v) is 5.88. The molecule has 1 heterocycles. The number of nitrogens with two attached hydrogens (primary N) is 1. The number of carbonyl (C=O) groups is 2. The molecular weight excluding hydrogens is 370 g/mol. The van der Waals surface area contributed by atoms with Crippen LogP contribution in [0.3, 0.4) is 0 Å². The fraction of sp³-hybridized carbons (Fsp3) is 0.316. The van der Waals surface area contributed by atoms with E-state index >= 15 is 0 Å². The number of primary amides is 1. The number of rotatable bonds is 9. The van der Waals surface area contributed by atoms with Crippen LogP contribution in [0.4, 0.5) is 0 Å². The molecular formula is C19H21NO8. The van der Waals surface area contributed by atoms with E-state index in [-0.39, 0.29) is 31.2 Å². The molecule has 1 aromatic carbocycles. The number of amides is 1. The van der Waals surface area contributed by atoms with Gasteiger partial charge in [-0.05, 0) is 17.7 Å². The quantitative estimate of drug-likeness (QED) is 0.605. The molecule has 1 amide bonds. The summed E-state index contributed by atoms with van der Waals surface area (Å²) in [6, 6.07) is 7.49. The highest BCUT2D eigenvalue weighted by molar-refractivity contribution is 5.75. The van der Waals surface area contributed by atoms with Gasteiger partial charge in [0.2, 0.25) is 11.2 Å². The molecule has 0 aliphatic rings. The Morgan fingerprint density at radius 2 is 1.89 bits per heavy atom. The molecule has 1 atom stereocenters. The highest BCUT2D eigenvalue weighted by atomic mass is 16.5. The van der Waals surface area contributed by atoms with Gasteiger partial charge < -0.3 is 29.5 Å². The average Bonchev–Trinajstić information content (AvgIpc) is 2.68. The largest absolute Gasteiger partial charge is 0.502 e. The van der Waals surface area contributed by atoms with Gasteiger partial charge >= 0.3 is 5.97 Å². The number of methoxy groups -OCH3 is 2. The molecule has 28 heavy (non-hydrogen) atoms. The highest BCUT2D eigenvalue weighted by Crippen LogP contribution is 2.34. The number of benzene rings is 1. The van der Waals surface area contributed by atoms with E-state index in [9.17, 15) is 19.5 Å². The van der Waals surface area contributed by atoms with Crippen molar-refractivity contribution in [1.82, 2.24) is 0 Å². The summed E-state index contributed by atoms with van der Waals surface area (Å²) in [6.07, 6.45) is -0.176. The molecule has 0 saturated carbocycles. The topological polar surface area (TPSA) is 138 Å². The first-order chi connectivity index (χ1) is 13.3. The summed E-state index contributed by atoms with van der Waals surface area (Å²) < 4.78 is 20.5. The van der Waals surface area contributed by atoms with Crippen LogP contribution in [0, 0.1) is 0 Å². The number of carbonyl (C=O) groups excluding carboxylic acids is 2. The molecule has 0 spiro atoms. The molecule has 3 N–H and O–H groups in total. The Kier molecular flexibility index (Phi) is 7.16. The summed E-state index contributed by atoms with van der Waals surface area (Å²) in [4.78, 5) is 34.8. The first-order valence-corrected chi connectivity index (χ1v) is 8.28. The number of hydrogen-bond donors (Lipinski definition) is 2. The van der Waals surface area contributed by atoms with Crippen LogP contribution in [0.25, 0.3) is 0 Å². The molecule has 1 aromatic heterocycles. The van der Waals surface area contributed by atoms with Crippen LogP contribution >= 0.6 is 0 Å². The summed E-state index contributed by atoms with van der Waals surface area (Å²) in [5.74, 6) is -2.04. The van der Waals surface area contributed by atoms with Gasteiger partial charge in [-0.2, -0.15) is 0 Å². The van der Waals surface area contributed by atoms with Crippen molar-refractivity contribution >= 4 is 11.9 Å². The first-order valence-electron chi connectivity index (χ1n) is 8.28. The normalized spacial score (nSPS) is 11.6. The second-order valence-electron chi connectivity index (χ2n) is 5.88. The van der Waals surface area contributed by atoms with Gasteiger partial charge in [-0.25, -0.2) is 0 Å². The van der Waals surface area contributed by atoms with E-state index in [4.69, 9.17) is 24.4 Å². The minimum absolute atomic E-state index is 0.0212. The average molecular weight is 391 g/mol. The van der Waals surface area contributed by atoms with Crippen molar-refractivity contribution in [2.24, 2.45) is 5.73 Å². The minimum atomic E-state index is -0.790. The fourth-order valence-electron chi connectivity index (χ4n) is 2.57. The summed E-state index contributed by atoms with van der Waals surface area (Å²) in [6.45, 7) is -0.257. The van der Waals surface area contributed by atoms with Gasteiger partial charge in [-0.15, -0.1) is 0 Å². The van der Waals surface area contributed by atoms with Crippen LogP contribution in [-0.2, 0) is 25.7 Å². The number of ether oxygens (including phenoxy) is 3. The van der Waals surface area contributed by atoms with Gasteiger partial charge in [-0.1, -0.05) is 12.1 Å². The Balaban J connectivity index is 2.44. The summed E-state index contributed by atoms with van der Waals surface area (Å²) in [7, 11) is 2.67. The summed E-state index contributed by atoms with van der Waals surface area (Å²) in [5, 5.41) is 10.2. The molecule has 9 heteroatoms. The third-order valence-corrected chi connectivity index (χ3v) is 3.87. The second kappa shape index (κ2) is 9.56. The lowest BCUT2D eigenvalue weighted by atomic mass is 9.92. The number of hydrogen-bond acceptors (Lipinski definition) is 8. The van der Waals surface area contributed by atoms with Crippen molar-refractivity contribution in [1.29, 1.82) is 0 Å². The molecule has 0 fully saturated rings. The standard InChI is InChI=1S/C19H21NO8/c1-25-9-13-7-15(21)18(24)19(28-13)14(8-17(23)26-2)11-3-5-12(6-4-11)27-10-16(20)22/h3-7,14,24H,8-10H2,1-2H3,(H2,20,22)/t14-/m1/s1. The van der Waals surface area contributed by atoms with E-state index in [1.54, 1.807) is 24.3 Å². The molecule has 0 unspecified atom stereocenters. The Morgan fingerprint density at radius 1 is 1.21 bits per heavy atom. The van der Waals surface area contributed by atoms with Crippen LogP contribution in [-0.4, -0.2) is 37.8 Å². The van der Waals surface area contributed by atoms with Crippen molar-refractivity contribution in [2.45, 2.75) is 18.9 Å². The van der Waals surface area contributed by atoms with E-state index in [2.05, 4.69) is 0 Å². The predicted molar refractivity (Wildman–Crippen MR) is 97.0 cm³/mol. The van der Waals surface area contributed by atoms with E-state index in [1.165, 1.54) is 14.2 Å². The number of aromatic hydroxyl groups is 1. The van der Waals surface area contributed by atoms with Crippen LogP contribution < -0.4 is 15.9 Å². The summed E-state index contributed by atoms with van der Waals surface area (Å²) >= 11 is 0. The van der Waals surface area contributed by atoms with E-state index < -0.39 is 29.0 Å². The van der Waals surface area contributed by atoms with Gasteiger partial charge in [-0.3, -0.25) is 14.4 Å². The van der Waals surface area contributed by atoms with E-state index in [1.807, 2.05) is 0 Å². The van der Waals surface area contributed by atoms with E-state index in [0.717, 1.165) is 6.07 Å².